The van der Waals surface area contributed by atoms with Gasteiger partial charge in [0.25, 0.3) is 0 Å². The van der Waals surface area contributed by atoms with E-state index in [2.05, 4.69) is 21.8 Å². The fourth-order valence-corrected chi connectivity index (χ4v) is 1.88. The number of rotatable bonds is 0. The van der Waals surface area contributed by atoms with Crippen LogP contribution in [0.2, 0.25) is 0 Å². The number of carbonyl (C=O) groups excluding carboxylic acids is 1. The number of thioether (sulfide) groups is 1. The van der Waals surface area contributed by atoms with Gasteiger partial charge in [-0.3, -0.25) is 0 Å². The van der Waals surface area contributed by atoms with Crippen molar-refractivity contribution in [3.63, 3.8) is 0 Å². The SMILES string of the molecule is C1CCSC1.O=C1NCCO1. The molecule has 0 aromatic rings. The minimum atomic E-state index is -0.296. The molecule has 2 fully saturated rings. The number of hydrogen-bond acceptors (Lipinski definition) is 3. The lowest BCUT2D eigenvalue weighted by Gasteiger charge is -1.80. The highest BCUT2D eigenvalue weighted by Gasteiger charge is 2.06. The van der Waals surface area contributed by atoms with Crippen LogP contribution in [-0.2, 0) is 4.74 Å². The van der Waals surface area contributed by atoms with Gasteiger partial charge in [-0.1, -0.05) is 0 Å². The van der Waals surface area contributed by atoms with Gasteiger partial charge < -0.3 is 10.1 Å². The Balaban J connectivity index is 0.000000112. The van der Waals surface area contributed by atoms with Gasteiger partial charge in [-0.2, -0.15) is 11.8 Å². The molecular weight excluding hydrogens is 162 g/mol. The number of carbonyl (C=O) groups is 1. The van der Waals surface area contributed by atoms with E-state index in [-0.39, 0.29) is 6.09 Å². The molecule has 4 heteroatoms. The highest BCUT2D eigenvalue weighted by atomic mass is 32.2. The summed E-state index contributed by atoms with van der Waals surface area (Å²) < 4.78 is 4.40. The van der Waals surface area contributed by atoms with E-state index in [0.717, 1.165) is 0 Å². The van der Waals surface area contributed by atoms with Crippen LogP contribution in [0.15, 0.2) is 0 Å². The molecule has 1 amide bonds. The molecule has 2 saturated heterocycles. The second kappa shape index (κ2) is 5.29. The Labute approximate surface area is 70.9 Å². The Hall–Kier alpha value is -0.380. The van der Waals surface area contributed by atoms with Crippen LogP contribution in [0.25, 0.3) is 0 Å². The molecular formula is C7H13NO2S. The third-order valence-corrected chi connectivity index (χ3v) is 2.59. The van der Waals surface area contributed by atoms with Crippen molar-refractivity contribution in [2.75, 3.05) is 24.7 Å². The Kier molecular flexibility index (Phi) is 4.19. The first kappa shape index (κ1) is 8.71. The summed E-state index contributed by atoms with van der Waals surface area (Å²) in [5, 5.41) is 2.46. The fraction of sp³-hybridized carbons (Fsp3) is 0.857. The molecule has 0 spiro atoms. The molecule has 2 rings (SSSR count). The number of nitrogens with one attached hydrogen (secondary N) is 1. The minimum absolute atomic E-state index is 0.296. The van der Waals surface area contributed by atoms with Gasteiger partial charge in [0.05, 0.1) is 6.54 Å². The van der Waals surface area contributed by atoms with Crippen molar-refractivity contribution >= 4 is 17.9 Å². The van der Waals surface area contributed by atoms with Crippen molar-refractivity contribution in [1.82, 2.24) is 5.32 Å². The number of amides is 1. The second-order valence-corrected chi connectivity index (χ2v) is 3.61. The van der Waals surface area contributed by atoms with Crippen LogP contribution in [0.5, 0.6) is 0 Å². The van der Waals surface area contributed by atoms with E-state index in [1.807, 2.05) is 0 Å². The Morgan fingerprint density at radius 3 is 2.27 bits per heavy atom. The molecule has 0 saturated carbocycles. The van der Waals surface area contributed by atoms with Crippen molar-refractivity contribution in [3.05, 3.63) is 0 Å². The molecule has 0 radical (unpaired) electrons. The summed E-state index contributed by atoms with van der Waals surface area (Å²) in [5.41, 5.74) is 0. The van der Waals surface area contributed by atoms with Crippen LogP contribution in [-0.4, -0.2) is 30.8 Å². The lowest BCUT2D eigenvalue weighted by Crippen LogP contribution is -2.11. The van der Waals surface area contributed by atoms with E-state index in [0.29, 0.717) is 13.2 Å². The highest BCUT2D eigenvalue weighted by Crippen LogP contribution is 2.14. The number of cyclic esters (lactones) is 1. The fourth-order valence-electron chi connectivity index (χ4n) is 0.858. The molecule has 64 valence electrons. The van der Waals surface area contributed by atoms with Gasteiger partial charge in [0, 0.05) is 0 Å². The van der Waals surface area contributed by atoms with E-state index in [1.165, 1.54) is 24.3 Å². The van der Waals surface area contributed by atoms with Crippen molar-refractivity contribution in [3.8, 4) is 0 Å². The van der Waals surface area contributed by atoms with Crippen molar-refractivity contribution < 1.29 is 9.53 Å². The van der Waals surface area contributed by atoms with Crippen LogP contribution in [0.4, 0.5) is 4.79 Å². The quantitative estimate of drug-likeness (QED) is 0.602. The molecule has 0 aromatic carbocycles. The van der Waals surface area contributed by atoms with Crippen LogP contribution >= 0.6 is 11.8 Å². The summed E-state index contributed by atoms with van der Waals surface area (Å²) in [6, 6.07) is 0. The first-order chi connectivity index (χ1) is 5.39. The van der Waals surface area contributed by atoms with E-state index >= 15 is 0 Å². The van der Waals surface area contributed by atoms with Crippen LogP contribution in [0.1, 0.15) is 12.8 Å². The van der Waals surface area contributed by atoms with Crippen LogP contribution in [0, 0.1) is 0 Å². The molecule has 0 atom stereocenters. The summed E-state index contributed by atoms with van der Waals surface area (Å²) in [6.45, 7) is 1.19. The molecule has 0 aliphatic carbocycles. The van der Waals surface area contributed by atoms with Gasteiger partial charge in [-0.15, -0.1) is 0 Å². The Morgan fingerprint density at radius 1 is 1.36 bits per heavy atom. The first-order valence-electron chi connectivity index (χ1n) is 3.88. The van der Waals surface area contributed by atoms with Gasteiger partial charge in [-0.05, 0) is 24.3 Å². The average Bonchev–Trinajstić information content (AvgIpc) is 2.57. The molecule has 1 N–H and O–H groups in total. The third kappa shape index (κ3) is 4.14. The standard InChI is InChI=1S/C4H8S.C3H5NO2/c1-2-4-5-3-1;5-3-4-1-2-6-3/h1-4H2;1-2H2,(H,4,5). The maximum Gasteiger partial charge on any atom is 0.407 e. The zero-order valence-electron chi connectivity index (χ0n) is 6.47. The highest BCUT2D eigenvalue weighted by molar-refractivity contribution is 7.99. The van der Waals surface area contributed by atoms with Crippen LogP contribution < -0.4 is 5.32 Å². The predicted molar refractivity (Wildman–Crippen MR) is 45.9 cm³/mol. The summed E-state index contributed by atoms with van der Waals surface area (Å²) >= 11 is 2.07. The lowest BCUT2D eigenvalue weighted by atomic mass is 10.4. The van der Waals surface area contributed by atoms with Gasteiger partial charge in [0.2, 0.25) is 0 Å². The van der Waals surface area contributed by atoms with E-state index in [9.17, 15) is 4.79 Å². The minimum Gasteiger partial charge on any atom is -0.448 e. The monoisotopic (exact) mass is 175 g/mol. The predicted octanol–water partition coefficient (Wildman–Crippen LogP) is 1.24. The number of ether oxygens (including phenoxy) is 1. The van der Waals surface area contributed by atoms with Gasteiger partial charge in [0.15, 0.2) is 0 Å². The largest absolute Gasteiger partial charge is 0.448 e. The van der Waals surface area contributed by atoms with E-state index in [1.54, 1.807) is 0 Å². The van der Waals surface area contributed by atoms with Gasteiger partial charge in [0.1, 0.15) is 6.61 Å². The van der Waals surface area contributed by atoms with Crippen molar-refractivity contribution in [2.45, 2.75) is 12.8 Å². The van der Waals surface area contributed by atoms with Gasteiger partial charge in [-0.25, -0.2) is 4.79 Å². The maximum atomic E-state index is 9.91. The molecule has 2 heterocycles. The Morgan fingerprint density at radius 2 is 2.09 bits per heavy atom. The molecule has 2 aliphatic rings. The zero-order chi connectivity index (χ0) is 7.94. The molecule has 3 nitrogen and oxygen atoms in total. The van der Waals surface area contributed by atoms with Crippen molar-refractivity contribution in [1.29, 1.82) is 0 Å². The van der Waals surface area contributed by atoms with E-state index < -0.39 is 0 Å². The second-order valence-electron chi connectivity index (χ2n) is 2.38. The summed E-state index contributed by atoms with van der Waals surface area (Å²) in [6.07, 6.45) is 2.63. The topological polar surface area (TPSA) is 38.3 Å². The molecule has 0 bridgehead atoms. The molecule has 2 aliphatic heterocycles. The Bertz CT molecular complexity index is 110. The normalized spacial score (nSPS) is 21.6. The average molecular weight is 175 g/mol. The third-order valence-electron chi connectivity index (χ3n) is 1.43. The van der Waals surface area contributed by atoms with E-state index in [4.69, 9.17) is 0 Å². The summed E-state index contributed by atoms with van der Waals surface area (Å²) in [7, 11) is 0. The molecule has 0 aromatic heterocycles. The molecule has 11 heavy (non-hydrogen) atoms. The number of hydrogen-bond donors (Lipinski definition) is 1. The zero-order valence-corrected chi connectivity index (χ0v) is 7.28. The number of alkyl carbamates (subject to hydrolysis) is 1. The smallest absolute Gasteiger partial charge is 0.407 e. The lowest BCUT2D eigenvalue weighted by molar-refractivity contribution is 0.178. The van der Waals surface area contributed by atoms with Crippen molar-refractivity contribution in [2.24, 2.45) is 0 Å². The van der Waals surface area contributed by atoms with Gasteiger partial charge >= 0.3 is 6.09 Å². The first-order valence-corrected chi connectivity index (χ1v) is 5.03. The summed E-state index contributed by atoms with van der Waals surface area (Å²) in [4.78, 5) is 9.91. The molecule has 0 unspecified atom stereocenters. The maximum absolute atomic E-state index is 9.91. The summed E-state index contributed by atoms with van der Waals surface area (Å²) in [5.74, 6) is 2.83. The van der Waals surface area contributed by atoms with Crippen LogP contribution in [0.3, 0.4) is 0 Å².